The summed E-state index contributed by atoms with van der Waals surface area (Å²) in [5.74, 6) is 1.12. The monoisotopic (exact) mass is 427 g/mol. The van der Waals surface area contributed by atoms with Crippen molar-refractivity contribution in [2.24, 2.45) is 0 Å². The van der Waals surface area contributed by atoms with E-state index in [1.54, 1.807) is 12.4 Å². The highest BCUT2D eigenvalue weighted by Gasteiger charge is 2.22. The van der Waals surface area contributed by atoms with Gasteiger partial charge in [-0.1, -0.05) is 47.6 Å². The van der Waals surface area contributed by atoms with Gasteiger partial charge in [-0.25, -0.2) is 0 Å². The fraction of sp³-hybridized carbons (Fsp3) is 0.280. The molecule has 2 aromatic carbocycles. The van der Waals surface area contributed by atoms with Gasteiger partial charge in [-0.05, 0) is 28.5 Å². The van der Waals surface area contributed by atoms with Crippen molar-refractivity contribution in [2.45, 2.75) is 19.4 Å². The van der Waals surface area contributed by atoms with Crippen molar-refractivity contribution in [1.29, 1.82) is 0 Å². The number of carbonyl (C=O) groups excluding carboxylic acids is 1. The first kappa shape index (κ1) is 20.3. The first-order valence-corrected chi connectivity index (χ1v) is 11.0. The molecule has 0 radical (unpaired) electrons. The van der Waals surface area contributed by atoms with Crippen molar-refractivity contribution in [3.05, 3.63) is 78.4 Å². The van der Waals surface area contributed by atoms with Gasteiger partial charge in [-0.2, -0.15) is 4.98 Å². The number of hydrogen-bond acceptors (Lipinski definition) is 6. The minimum absolute atomic E-state index is 0.135. The largest absolute Gasteiger partial charge is 0.340 e. The van der Waals surface area contributed by atoms with E-state index in [4.69, 9.17) is 4.52 Å². The molecular weight excluding hydrogens is 402 g/mol. The average molecular weight is 428 g/mol. The van der Waals surface area contributed by atoms with E-state index in [-0.39, 0.29) is 5.91 Å². The first-order chi connectivity index (χ1) is 15.8. The SMILES string of the molecule is O=C(CCc1nc(-c2cccnc2)no1)N1CCN(Cc2cccc3ccccc23)CC1. The van der Waals surface area contributed by atoms with Gasteiger partial charge >= 0.3 is 0 Å². The molecule has 162 valence electrons. The van der Waals surface area contributed by atoms with Gasteiger partial charge in [0, 0.05) is 63.5 Å². The van der Waals surface area contributed by atoms with E-state index in [1.165, 1.54) is 16.3 Å². The zero-order valence-electron chi connectivity index (χ0n) is 17.9. The van der Waals surface area contributed by atoms with Crippen molar-refractivity contribution < 1.29 is 9.32 Å². The maximum absolute atomic E-state index is 12.7. The van der Waals surface area contributed by atoms with Crippen molar-refractivity contribution in [3.8, 4) is 11.4 Å². The molecular formula is C25H25N5O2. The molecule has 32 heavy (non-hydrogen) atoms. The third kappa shape index (κ3) is 4.53. The number of nitrogens with zero attached hydrogens (tertiary/aromatic N) is 5. The molecule has 2 aromatic heterocycles. The second-order valence-electron chi connectivity index (χ2n) is 8.05. The smallest absolute Gasteiger partial charge is 0.227 e. The van der Waals surface area contributed by atoms with Crippen molar-refractivity contribution in [2.75, 3.05) is 26.2 Å². The summed E-state index contributed by atoms with van der Waals surface area (Å²) in [6.45, 7) is 4.15. The number of aryl methyl sites for hydroxylation is 1. The molecule has 0 bridgehead atoms. The first-order valence-electron chi connectivity index (χ1n) is 11.0. The molecule has 0 unspecified atom stereocenters. The molecule has 0 saturated carbocycles. The third-order valence-corrected chi connectivity index (χ3v) is 5.94. The van der Waals surface area contributed by atoms with Gasteiger partial charge in [0.2, 0.25) is 17.6 Å². The van der Waals surface area contributed by atoms with Crippen LogP contribution in [0.3, 0.4) is 0 Å². The number of pyridine rings is 1. The maximum atomic E-state index is 12.7. The Bertz CT molecular complexity index is 1190. The van der Waals surface area contributed by atoms with Crippen LogP contribution in [0.25, 0.3) is 22.2 Å². The Morgan fingerprint density at radius 3 is 2.66 bits per heavy atom. The molecule has 1 amide bonds. The summed E-state index contributed by atoms with van der Waals surface area (Å²) in [5.41, 5.74) is 2.14. The van der Waals surface area contributed by atoms with E-state index in [0.717, 1.165) is 38.3 Å². The van der Waals surface area contributed by atoms with Gasteiger partial charge in [0.25, 0.3) is 0 Å². The zero-order chi connectivity index (χ0) is 21.8. The predicted molar refractivity (Wildman–Crippen MR) is 122 cm³/mol. The second-order valence-corrected chi connectivity index (χ2v) is 8.05. The number of carbonyl (C=O) groups is 1. The van der Waals surface area contributed by atoms with Crippen LogP contribution in [0.4, 0.5) is 0 Å². The number of aromatic nitrogens is 3. The molecule has 0 atom stereocenters. The average Bonchev–Trinajstić information content (AvgIpc) is 3.33. The second kappa shape index (κ2) is 9.28. The fourth-order valence-corrected chi connectivity index (χ4v) is 4.17. The summed E-state index contributed by atoms with van der Waals surface area (Å²) >= 11 is 0. The number of benzene rings is 2. The Balaban J connectivity index is 1.12. The van der Waals surface area contributed by atoms with Gasteiger partial charge < -0.3 is 9.42 Å². The van der Waals surface area contributed by atoms with Crippen LogP contribution in [0.2, 0.25) is 0 Å². The third-order valence-electron chi connectivity index (χ3n) is 5.94. The van der Waals surface area contributed by atoms with Gasteiger partial charge in [0.05, 0.1) is 0 Å². The number of hydrogen-bond donors (Lipinski definition) is 0. The van der Waals surface area contributed by atoms with Gasteiger partial charge in [0.15, 0.2) is 0 Å². The molecule has 0 spiro atoms. The van der Waals surface area contributed by atoms with Crippen molar-refractivity contribution >= 4 is 16.7 Å². The molecule has 1 aliphatic rings. The Hall–Kier alpha value is -3.58. The standard InChI is InChI=1S/C25H25N5O2/c31-24(11-10-23-27-25(28-32-23)20-8-4-12-26-17-20)30-15-13-29(14-16-30)18-21-7-3-6-19-5-1-2-9-22(19)21/h1-9,12,17H,10-11,13-16,18H2. The van der Waals surface area contributed by atoms with Gasteiger partial charge in [0.1, 0.15) is 0 Å². The van der Waals surface area contributed by atoms with Crippen LogP contribution in [-0.4, -0.2) is 57.0 Å². The molecule has 0 N–H and O–H groups in total. The van der Waals surface area contributed by atoms with Crippen LogP contribution in [0.5, 0.6) is 0 Å². The lowest BCUT2D eigenvalue weighted by Crippen LogP contribution is -2.48. The summed E-state index contributed by atoms with van der Waals surface area (Å²) in [6.07, 6.45) is 4.21. The minimum atomic E-state index is 0.135. The molecule has 3 heterocycles. The van der Waals surface area contributed by atoms with E-state index in [0.29, 0.717) is 24.6 Å². The summed E-state index contributed by atoms with van der Waals surface area (Å²) < 4.78 is 5.31. The van der Waals surface area contributed by atoms with Crippen LogP contribution in [-0.2, 0) is 17.8 Å². The van der Waals surface area contributed by atoms with Crippen LogP contribution in [0.1, 0.15) is 17.9 Å². The van der Waals surface area contributed by atoms with Crippen molar-refractivity contribution in [3.63, 3.8) is 0 Å². The van der Waals surface area contributed by atoms with E-state index >= 15 is 0 Å². The quantitative estimate of drug-likeness (QED) is 0.468. The van der Waals surface area contributed by atoms with Crippen LogP contribution >= 0.6 is 0 Å². The molecule has 1 fully saturated rings. The molecule has 5 rings (SSSR count). The number of rotatable bonds is 6. The van der Waals surface area contributed by atoms with Crippen LogP contribution in [0.15, 0.2) is 71.5 Å². The highest BCUT2D eigenvalue weighted by atomic mass is 16.5. The molecule has 7 heteroatoms. The van der Waals surface area contributed by atoms with Crippen molar-refractivity contribution in [1.82, 2.24) is 24.9 Å². The predicted octanol–water partition coefficient (Wildman–Crippen LogP) is 3.56. The van der Waals surface area contributed by atoms with Crippen LogP contribution in [0, 0.1) is 0 Å². The normalized spacial score (nSPS) is 14.7. The Kier molecular flexibility index (Phi) is 5.89. The topological polar surface area (TPSA) is 75.4 Å². The molecule has 0 aliphatic carbocycles. The highest BCUT2D eigenvalue weighted by Crippen LogP contribution is 2.21. The molecule has 1 aliphatic heterocycles. The number of amides is 1. The van der Waals surface area contributed by atoms with E-state index < -0.39 is 0 Å². The Morgan fingerprint density at radius 2 is 1.81 bits per heavy atom. The lowest BCUT2D eigenvalue weighted by molar-refractivity contribution is -0.133. The number of piperazine rings is 1. The molecule has 7 nitrogen and oxygen atoms in total. The van der Waals surface area contributed by atoms with Gasteiger partial charge in [-0.15, -0.1) is 0 Å². The van der Waals surface area contributed by atoms with E-state index in [9.17, 15) is 4.79 Å². The van der Waals surface area contributed by atoms with Gasteiger partial charge in [-0.3, -0.25) is 14.7 Å². The fourth-order valence-electron chi connectivity index (χ4n) is 4.17. The minimum Gasteiger partial charge on any atom is -0.340 e. The van der Waals surface area contributed by atoms with E-state index in [1.807, 2.05) is 17.0 Å². The summed E-state index contributed by atoms with van der Waals surface area (Å²) in [5, 5.41) is 6.56. The Morgan fingerprint density at radius 1 is 0.969 bits per heavy atom. The maximum Gasteiger partial charge on any atom is 0.227 e. The summed E-state index contributed by atoms with van der Waals surface area (Å²) in [6, 6.07) is 18.7. The Labute approximate surface area is 186 Å². The lowest BCUT2D eigenvalue weighted by Gasteiger charge is -2.35. The summed E-state index contributed by atoms with van der Waals surface area (Å²) in [7, 11) is 0. The lowest BCUT2D eigenvalue weighted by atomic mass is 10.0. The summed E-state index contributed by atoms with van der Waals surface area (Å²) in [4.78, 5) is 25.5. The molecule has 4 aromatic rings. The zero-order valence-corrected chi connectivity index (χ0v) is 17.9. The van der Waals surface area contributed by atoms with E-state index in [2.05, 4.69) is 62.5 Å². The highest BCUT2D eigenvalue weighted by molar-refractivity contribution is 5.85. The molecule has 1 saturated heterocycles. The van der Waals surface area contributed by atoms with Crippen LogP contribution < -0.4 is 0 Å². The number of fused-ring (bicyclic) bond motifs is 1.